The quantitative estimate of drug-likeness (QED) is 0.547. The molecule has 3 aliphatic rings. The van der Waals surface area contributed by atoms with Crippen molar-refractivity contribution >= 4 is 5.78 Å². The van der Waals surface area contributed by atoms with Crippen molar-refractivity contribution in [1.82, 2.24) is 0 Å². The SMILES string of the molecule is C=C1CC=C2C(=O)C3OC3(C)CC/C=C(\C)C(O)CC1(C)C2C. The van der Waals surface area contributed by atoms with Crippen LogP contribution in [0.2, 0.25) is 0 Å². The Balaban J connectivity index is 2.02. The average Bonchev–Trinajstić information content (AvgIpc) is 3.16. The molecule has 1 saturated heterocycles. The Morgan fingerprint density at radius 3 is 2.74 bits per heavy atom. The van der Waals surface area contributed by atoms with Gasteiger partial charge >= 0.3 is 0 Å². The van der Waals surface area contributed by atoms with E-state index in [9.17, 15) is 9.90 Å². The molecule has 5 unspecified atom stereocenters. The maximum Gasteiger partial charge on any atom is 0.190 e. The van der Waals surface area contributed by atoms with Crippen LogP contribution in [0.1, 0.15) is 53.4 Å². The third-order valence-electron chi connectivity index (χ3n) is 6.46. The van der Waals surface area contributed by atoms with E-state index < -0.39 is 6.10 Å². The van der Waals surface area contributed by atoms with Crippen molar-refractivity contribution in [3.8, 4) is 0 Å². The van der Waals surface area contributed by atoms with Crippen LogP contribution in [0.5, 0.6) is 0 Å². The molecule has 23 heavy (non-hydrogen) atoms. The number of aliphatic hydroxyl groups excluding tert-OH is 1. The van der Waals surface area contributed by atoms with Crippen molar-refractivity contribution < 1.29 is 14.6 Å². The third kappa shape index (κ3) is 2.64. The Morgan fingerprint density at radius 2 is 2.04 bits per heavy atom. The monoisotopic (exact) mass is 316 g/mol. The molecule has 3 nitrogen and oxygen atoms in total. The number of epoxide rings is 1. The van der Waals surface area contributed by atoms with Crippen molar-refractivity contribution in [2.24, 2.45) is 11.3 Å². The van der Waals surface area contributed by atoms with Crippen LogP contribution in [0.4, 0.5) is 0 Å². The predicted molar refractivity (Wildman–Crippen MR) is 91.0 cm³/mol. The van der Waals surface area contributed by atoms with Gasteiger partial charge in [0.25, 0.3) is 0 Å². The molecule has 1 fully saturated rings. The van der Waals surface area contributed by atoms with Crippen molar-refractivity contribution in [3.05, 3.63) is 35.5 Å². The number of carbonyl (C=O) groups excluding carboxylic acids is 1. The summed E-state index contributed by atoms with van der Waals surface area (Å²) in [6, 6.07) is 0. The van der Waals surface area contributed by atoms with E-state index in [0.29, 0.717) is 12.8 Å². The fraction of sp³-hybridized carbons (Fsp3) is 0.650. The molecule has 0 radical (unpaired) electrons. The Labute approximate surface area is 139 Å². The van der Waals surface area contributed by atoms with Crippen LogP contribution in [0, 0.1) is 11.3 Å². The molecule has 1 N–H and O–H groups in total. The van der Waals surface area contributed by atoms with E-state index in [-0.39, 0.29) is 28.8 Å². The number of rotatable bonds is 0. The molecule has 0 saturated carbocycles. The van der Waals surface area contributed by atoms with Gasteiger partial charge in [0.05, 0.1) is 6.10 Å². The molecule has 0 aromatic carbocycles. The lowest BCUT2D eigenvalue weighted by molar-refractivity contribution is -0.117. The number of hydrogen-bond acceptors (Lipinski definition) is 3. The second-order valence-corrected chi connectivity index (χ2v) is 7.99. The first-order valence-corrected chi connectivity index (χ1v) is 8.64. The lowest BCUT2D eigenvalue weighted by Crippen LogP contribution is -2.38. The maximum atomic E-state index is 12.9. The summed E-state index contributed by atoms with van der Waals surface area (Å²) in [5.41, 5.74) is 2.37. The average molecular weight is 316 g/mol. The van der Waals surface area contributed by atoms with E-state index in [4.69, 9.17) is 4.74 Å². The molecule has 0 aromatic heterocycles. The van der Waals surface area contributed by atoms with Gasteiger partial charge in [0, 0.05) is 0 Å². The number of ketones is 1. The van der Waals surface area contributed by atoms with Crippen molar-refractivity contribution in [2.45, 2.75) is 71.2 Å². The minimum Gasteiger partial charge on any atom is -0.389 e. The highest BCUT2D eigenvalue weighted by Gasteiger charge is 2.58. The normalized spacial score (nSPS) is 46.7. The Hall–Kier alpha value is -1.19. The van der Waals surface area contributed by atoms with Gasteiger partial charge in [-0.3, -0.25) is 4.79 Å². The molecule has 0 spiro atoms. The van der Waals surface area contributed by atoms with E-state index in [1.54, 1.807) is 0 Å². The van der Waals surface area contributed by atoms with Crippen LogP contribution in [0.3, 0.4) is 0 Å². The Morgan fingerprint density at radius 1 is 1.35 bits per heavy atom. The van der Waals surface area contributed by atoms with Crippen LogP contribution >= 0.6 is 0 Å². The lowest BCUT2D eigenvalue weighted by atomic mass is 9.61. The predicted octanol–water partition coefficient (Wildman–Crippen LogP) is 3.73. The Bertz CT molecular complexity index is 614. The van der Waals surface area contributed by atoms with Crippen LogP contribution < -0.4 is 0 Å². The molecular formula is C20H28O3. The van der Waals surface area contributed by atoms with Gasteiger partial charge in [0.2, 0.25) is 0 Å². The molecule has 2 aliphatic carbocycles. The van der Waals surface area contributed by atoms with E-state index in [1.165, 1.54) is 0 Å². The summed E-state index contributed by atoms with van der Waals surface area (Å²) in [6.07, 6.45) is 6.30. The summed E-state index contributed by atoms with van der Waals surface area (Å²) in [7, 11) is 0. The van der Waals surface area contributed by atoms with Gasteiger partial charge in [-0.15, -0.1) is 0 Å². The van der Waals surface area contributed by atoms with Crippen molar-refractivity contribution in [3.63, 3.8) is 0 Å². The molecule has 2 bridgehead atoms. The van der Waals surface area contributed by atoms with Crippen LogP contribution in [0.25, 0.3) is 0 Å². The zero-order valence-electron chi connectivity index (χ0n) is 14.7. The summed E-state index contributed by atoms with van der Waals surface area (Å²) in [4.78, 5) is 12.9. The highest BCUT2D eigenvalue weighted by atomic mass is 16.6. The van der Waals surface area contributed by atoms with E-state index in [1.807, 2.05) is 19.9 Å². The largest absolute Gasteiger partial charge is 0.389 e. The number of fused-ring (bicyclic) bond motifs is 3. The summed E-state index contributed by atoms with van der Waals surface area (Å²) in [5, 5.41) is 10.6. The third-order valence-corrected chi connectivity index (χ3v) is 6.46. The molecule has 5 atom stereocenters. The van der Waals surface area contributed by atoms with Crippen molar-refractivity contribution in [1.29, 1.82) is 0 Å². The summed E-state index contributed by atoms with van der Waals surface area (Å²) in [6.45, 7) is 12.5. The zero-order valence-corrected chi connectivity index (χ0v) is 14.7. The minimum absolute atomic E-state index is 0.0478. The van der Waals surface area contributed by atoms with E-state index in [2.05, 4.69) is 26.5 Å². The van der Waals surface area contributed by atoms with Crippen LogP contribution in [-0.4, -0.2) is 28.7 Å². The van der Waals surface area contributed by atoms with E-state index >= 15 is 0 Å². The molecule has 1 aliphatic heterocycles. The van der Waals surface area contributed by atoms with Crippen LogP contribution in [0.15, 0.2) is 35.5 Å². The highest BCUT2D eigenvalue weighted by molar-refractivity contribution is 6.02. The highest BCUT2D eigenvalue weighted by Crippen LogP contribution is 2.51. The summed E-state index contributed by atoms with van der Waals surface area (Å²) < 4.78 is 5.79. The fourth-order valence-corrected chi connectivity index (χ4v) is 4.12. The number of Topliss-reactive ketones (excluding diaryl/α,β-unsaturated/α-hetero) is 1. The topological polar surface area (TPSA) is 49.8 Å². The van der Waals surface area contributed by atoms with Gasteiger partial charge < -0.3 is 9.84 Å². The van der Waals surface area contributed by atoms with Gasteiger partial charge in [-0.05, 0) is 62.0 Å². The number of ether oxygens (including phenoxy) is 1. The molecule has 126 valence electrons. The zero-order chi connectivity index (χ0) is 17.0. The molecule has 0 amide bonds. The number of allylic oxidation sites excluding steroid dienone is 3. The van der Waals surface area contributed by atoms with Gasteiger partial charge in [-0.25, -0.2) is 0 Å². The maximum absolute atomic E-state index is 12.9. The number of carbonyl (C=O) groups is 1. The van der Waals surface area contributed by atoms with Crippen LogP contribution in [-0.2, 0) is 9.53 Å². The number of aliphatic hydroxyl groups is 1. The van der Waals surface area contributed by atoms with E-state index in [0.717, 1.165) is 29.6 Å². The lowest BCUT2D eigenvalue weighted by Gasteiger charge is -2.43. The fourth-order valence-electron chi connectivity index (χ4n) is 4.12. The summed E-state index contributed by atoms with van der Waals surface area (Å²) in [5.74, 6) is 0.182. The molecule has 0 aromatic rings. The standard InChI is InChI=1S/C20H28O3/c1-12-7-6-10-20(5)18(23-20)17(22)15-9-8-13(2)19(4,14(15)3)11-16(12)21/h7,9,14,16,18,21H,2,6,8,10-11H2,1,3-5H3/b12-7+. The first-order valence-electron chi connectivity index (χ1n) is 8.64. The first kappa shape index (κ1) is 16.7. The van der Waals surface area contributed by atoms with Crippen molar-refractivity contribution in [2.75, 3.05) is 0 Å². The van der Waals surface area contributed by atoms with Gasteiger partial charge in [-0.2, -0.15) is 0 Å². The summed E-state index contributed by atoms with van der Waals surface area (Å²) >= 11 is 0. The smallest absolute Gasteiger partial charge is 0.190 e. The van der Waals surface area contributed by atoms with Gasteiger partial charge in [0.15, 0.2) is 5.78 Å². The second kappa shape index (κ2) is 5.42. The Kier molecular flexibility index (Phi) is 3.93. The second-order valence-electron chi connectivity index (χ2n) is 7.99. The minimum atomic E-state index is -0.489. The number of hydrogen-bond donors (Lipinski definition) is 1. The molecular weight excluding hydrogens is 288 g/mol. The van der Waals surface area contributed by atoms with Gasteiger partial charge in [0.1, 0.15) is 11.7 Å². The molecule has 3 heteroatoms. The molecule has 3 rings (SSSR count). The molecule has 1 heterocycles. The van der Waals surface area contributed by atoms with Gasteiger partial charge in [-0.1, -0.05) is 38.2 Å². The first-order chi connectivity index (χ1) is 10.7.